The highest BCUT2D eigenvalue weighted by molar-refractivity contribution is 8.00. The van der Waals surface area contributed by atoms with Crippen molar-refractivity contribution in [3.63, 3.8) is 0 Å². The Morgan fingerprint density at radius 2 is 2.07 bits per heavy atom. The number of amides is 1. The zero-order chi connectivity index (χ0) is 19.9. The number of nitrogens with one attached hydrogen (secondary N) is 1. The van der Waals surface area contributed by atoms with Gasteiger partial charge in [0.15, 0.2) is 11.0 Å². The summed E-state index contributed by atoms with van der Waals surface area (Å²) >= 11 is 1.42. The summed E-state index contributed by atoms with van der Waals surface area (Å²) in [5, 5.41) is 12.2. The number of rotatable bonds is 9. The van der Waals surface area contributed by atoms with Gasteiger partial charge in [-0.15, -0.1) is 10.2 Å². The fourth-order valence-electron chi connectivity index (χ4n) is 2.84. The summed E-state index contributed by atoms with van der Waals surface area (Å²) in [4.78, 5) is 12.4. The zero-order valence-electron chi connectivity index (χ0n) is 16.5. The summed E-state index contributed by atoms with van der Waals surface area (Å²) in [6.07, 6.45) is 3.69. The van der Waals surface area contributed by atoms with Crippen LogP contribution in [0.2, 0.25) is 0 Å². The number of nitrogens with zero attached hydrogens (tertiary/aromatic N) is 3. The Kier molecular flexibility index (Phi) is 6.92. The van der Waals surface area contributed by atoms with Crippen LogP contribution in [0.5, 0.6) is 0 Å². The molecule has 1 N–H and O–H groups in total. The normalized spacial score (nSPS) is 12.1. The number of hydrogen-bond acceptors (Lipinski definition) is 5. The average Bonchev–Trinajstić information content (AvgIpc) is 3.33. The van der Waals surface area contributed by atoms with Crippen molar-refractivity contribution in [1.29, 1.82) is 0 Å². The highest BCUT2D eigenvalue weighted by Crippen LogP contribution is 2.29. The van der Waals surface area contributed by atoms with Crippen LogP contribution in [0.1, 0.15) is 38.0 Å². The summed E-state index contributed by atoms with van der Waals surface area (Å²) in [6.45, 7) is 7.27. The van der Waals surface area contributed by atoms with Crippen molar-refractivity contribution in [3.8, 4) is 11.4 Å². The van der Waals surface area contributed by atoms with Gasteiger partial charge in [0.1, 0.15) is 5.76 Å². The molecule has 28 heavy (non-hydrogen) atoms. The van der Waals surface area contributed by atoms with Gasteiger partial charge >= 0.3 is 0 Å². The largest absolute Gasteiger partial charge is 0.467 e. The number of aromatic nitrogens is 3. The molecule has 2 heterocycles. The minimum absolute atomic E-state index is 0.0171. The van der Waals surface area contributed by atoms with E-state index in [1.54, 1.807) is 6.26 Å². The van der Waals surface area contributed by atoms with Gasteiger partial charge < -0.3 is 9.73 Å². The molecule has 1 aromatic carbocycles. The molecule has 6 nitrogen and oxygen atoms in total. The van der Waals surface area contributed by atoms with Gasteiger partial charge in [-0.1, -0.05) is 49.4 Å². The van der Waals surface area contributed by atoms with Crippen molar-refractivity contribution < 1.29 is 9.21 Å². The molecule has 0 fully saturated rings. The second-order valence-electron chi connectivity index (χ2n) is 6.69. The van der Waals surface area contributed by atoms with E-state index in [-0.39, 0.29) is 11.2 Å². The van der Waals surface area contributed by atoms with E-state index < -0.39 is 0 Å². The monoisotopic (exact) mass is 398 g/mol. The molecule has 1 amide bonds. The van der Waals surface area contributed by atoms with Gasteiger partial charge in [-0.05, 0) is 38.0 Å². The molecular formula is C21H26N4O2S. The van der Waals surface area contributed by atoms with Crippen LogP contribution in [0.25, 0.3) is 11.4 Å². The second kappa shape index (κ2) is 9.59. The molecule has 0 aliphatic rings. The molecule has 0 saturated heterocycles. The first-order chi connectivity index (χ1) is 13.6. The van der Waals surface area contributed by atoms with Gasteiger partial charge in [0, 0.05) is 12.1 Å². The summed E-state index contributed by atoms with van der Waals surface area (Å²) in [7, 11) is 0. The fraction of sp³-hybridized carbons (Fsp3) is 0.381. The summed E-state index contributed by atoms with van der Waals surface area (Å²) in [5.74, 6) is 1.61. The zero-order valence-corrected chi connectivity index (χ0v) is 17.3. The smallest absolute Gasteiger partial charge is 0.233 e. The van der Waals surface area contributed by atoms with Crippen LogP contribution in [0.3, 0.4) is 0 Å². The topological polar surface area (TPSA) is 73.0 Å². The van der Waals surface area contributed by atoms with E-state index in [2.05, 4.69) is 35.4 Å². The molecule has 1 atom stereocenters. The van der Waals surface area contributed by atoms with Crippen molar-refractivity contribution in [3.05, 3.63) is 54.0 Å². The lowest BCUT2D eigenvalue weighted by Gasteiger charge is -2.13. The van der Waals surface area contributed by atoms with Crippen LogP contribution in [0.4, 0.5) is 0 Å². The highest BCUT2D eigenvalue weighted by Gasteiger charge is 2.22. The minimum Gasteiger partial charge on any atom is -0.467 e. The van der Waals surface area contributed by atoms with E-state index in [0.717, 1.165) is 35.6 Å². The van der Waals surface area contributed by atoms with Crippen LogP contribution < -0.4 is 5.32 Å². The van der Waals surface area contributed by atoms with E-state index >= 15 is 0 Å². The van der Waals surface area contributed by atoms with Crippen LogP contribution in [0, 0.1) is 6.92 Å². The molecule has 0 aliphatic heterocycles. The summed E-state index contributed by atoms with van der Waals surface area (Å²) < 4.78 is 7.55. The lowest BCUT2D eigenvalue weighted by molar-refractivity contribution is -0.120. The third kappa shape index (κ3) is 4.84. The van der Waals surface area contributed by atoms with Gasteiger partial charge in [-0.25, -0.2) is 0 Å². The Labute approximate surface area is 169 Å². The van der Waals surface area contributed by atoms with E-state index in [4.69, 9.17) is 4.42 Å². The Bertz CT molecular complexity index is 905. The van der Waals surface area contributed by atoms with Crippen LogP contribution in [-0.4, -0.2) is 32.5 Å². The number of aryl methyl sites for hydroxylation is 1. The minimum atomic E-state index is -0.263. The molecule has 0 aliphatic carbocycles. The average molecular weight is 399 g/mol. The molecule has 0 saturated carbocycles. The number of carbonyl (C=O) groups excluding carboxylic acids is 1. The maximum Gasteiger partial charge on any atom is 0.233 e. The Balaban J connectivity index is 1.86. The number of unbranched alkanes of at least 4 members (excludes halogenated alkanes) is 1. The lowest BCUT2D eigenvalue weighted by Crippen LogP contribution is -2.31. The third-order valence-corrected chi connectivity index (χ3v) is 5.56. The first-order valence-corrected chi connectivity index (χ1v) is 10.4. The third-order valence-electron chi connectivity index (χ3n) is 4.48. The van der Waals surface area contributed by atoms with Crippen molar-refractivity contribution in [2.45, 2.75) is 50.6 Å². The molecule has 1 unspecified atom stereocenters. The predicted molar refractivity (Wildman–Crippen MR) is 111 cm³/mol. The molecule has 0 radical (unpaired) electrons. The fourth-order valence-corrected chi connectivity index (χ4v) is 3.72. The molecule has 7 heteroatoms. The van der Waals surface area contributed by atoms with E-state index in [1.807, 2.05) is 41.8 Å². The van der Waals surface area contributed by atoms with Gasteiger partial charge in [0.05, 0.1) is 18.1 Å². The van der Waals surface area contributed by atoms with E-state index in [9.17, 15) is 4.79 Å². The summed E-state index contributed by atoms with van der Waals surface area (Å²) in [6, 6.07) is 11.9. The SMILES string of the molecule is CCCCNC(=O)C(C)Sc1nnc(-c2ccccc2C)n1Cc1ccco1. The van der Waals surface area contributed by atoms with Crippen molar-refractivity contribution >= 4 is 17.7 Å². The first kappa shape index (κ1) is 20.2. The molecule has 148 valence electrons. The predicted octanol–water partition coefficient (Wildman–Crippen LogP) is 4.29. The molecule has 0 spiro atoms. The van der Waals surface area contributed by atoms with Gasteiger partial charge in [-0.3, -0.25) is 9.36 Å². The number of furan rings is 1. The van der Waals surface area contributed by atoms with Crippen LogP contribution in [0.15, 0.2) is 52.2 Å². The first-order valence-electron chi connectivity index (χ1n) is 9.56. The number of benzene rings is 1. The maximum atomic E-state index is 12.4. The van der Waals surface area contributed by atoms with Crippen LogP contribution >= 0.6 is 11.8 Å². The van der Waals surface area contributed by atoms with Gasteiger partial charge in [-0.2, -0.15) is 0 Å². The number of hydrogen-bond donors (Lipinski definition) is 1. The molecule has 2 aromatic heterocycles. The molecule has 0 bridgehead atoms. The molecular weight excluding hydrogens is 372 g/mol. The maximum absolute atomic E-state index is 12.4. The van der Waals surface area contributed by atoms with Crippen LogP contribution in [-0.2, 0) is 11.3 Å². The van der Waals surface area contributed by atoms with Crippen molar-refractivity contribution in [2.75, 3.05) is 6.54 Å². The Morgan fingerprint density at radius 3 is 2.79 bits per heavy atom. The van der Waals surface area contributed by atoms with Crippen molar-refractivity contribution in [2.24, 2.45) is 0 Å². The Morgan fingerprint density at radius 1 is 1.25 bits per heavy atom. The molecule has 3 aromatic rings. The second-order valence-corrected chi connectivity index (χ2v) is 8.00. The van der Waals surface area contributed by atoms with Gasteiger partial charge in [0.25, 0.3) is 0 Å². The number of carbonyl (C=O) groups is 1. The highest BCUT2D eigenvalue weighted by atomic mass is 32.2. The van der Waals surface area contributed by atoms with Gasteiger partial charge in [0.2, 0.25) is 5.91 Å². The standard InChI is InChI=1S/C21H26N4O2S/c1-4-5-12-22-20(26)16(3)28-21-24-23-19(18-11-7-6-9-15(18)2)25(21)14-17-10-8-13-27-17/h6-11,13,16H,4-5,12,14H2,1-3H3,(H,22,26). The Hall–Kier alpha value is -2.54. The molecule has 3 rings (SSSR count). The number of thioether (sulfide) groups is 1. The lowest BCUT2D eigenvalue weighted by atomic mass is 10.1. The van der Waals surface area contributed by atoms with E-state index in [1.165, 1.54) is 11.8 Å². The van der Waals surface area contributed by atoms with Crippen molar-refractivity contribution in [1.82, 2.24) is 20.1 Å². The van der Waals surface area contributed by atoms with E-state index in [0.29, 0.717) is 18.2 Å². The summed E-state index contributed by atoms with van der Waals surface area (Å²) in [5.41, 5.74) is 2.14. The quantitative estimate of drug-likeness (QED) is 0.430.